The second kappa shape index (κ2) is 15.5. The average molecular weight is 456 g/mol. The van der Waals surface area contributed by atoms with E-state index >= 15 is 0 Å². The van der Waals surface area contributed by atoms with Crippen molar-refractivity contribution in [1.29, 1.82) is 0 Å². The van der Waals surface area contributed by atoms with Gasteiger partial charge in [0, 0.05) is 38.0 Å². The van der Waals surface area contributed by atoms with Crippen LogP contribution >= 0.6 is 8.81 Å². The lowest BCUT2D eigenvalue weighted by Gasteiger charge is -2.09. The molecule has 3 aromatic rings. The highest BCUT2D eigenvalue weighted by Crippen LogP contribution is 2.17. The first-order chi connectivity index (χ1) is 15.6. The molecule has 172 valence electrons. The normalized spacial score (nSPS) is 11.8. The van der Waals surface area contributed by atoms with Gasteiger partial charge in [0.25, 0.3) is 0 Å². The second-order valence-corrected chi connectivity index (χ2v) is 7.98. The summed E-state index contributed by atoms with van der Waals surface area (Å²) in [7, 11) is 0.433. The SMILES string of the molecule is CCOPCOc1ccc(C)cc1.NCC(O)CNCc1ccc(-c2ccccn2)cc1. The number of ether oxygens (including phenoxy) is 1. The average Bonchev–Trinajstić information content (AvgIpc) is 2.84. The van der Waals surface area contributed by atoms with Gasteiger partial charge >= 0.3 is 0 Å². The molecule has 2 unspecified atom stereocenters. The van der Waals surface area contributed by atoms with Gasteiger partial charge in [-0.05, 0) is 43.7 Å². The summed E-state index contributed by atoms with van der Waals surface area (Å²) in [4.78, 5) is 4.31. The Labute approximate surface area is 193 Å². The van der Waals surface area contributed by atoms with Crippen LogP contribution in [-0.4, -0.2) is 42.2 Å². The van der Waals surface area contributed by atoms with E-state index in [-0.39, 0.29) is 6.54 Å². The summed E-state index contributed by atoms with van der Waals surface area (Å²) in [5.74, 6) is 0.915. The van der Waals surface area contributed by atoms with Gasteiger partial charge < -0.3 is 25.4 Å². The fraction of sp³-hybridized carbons (Fsp3) is 0.320. The van der Waals surface area contributed by atoms with E-state index in [9.17, 15) is 5.11 Å². The van der Waals surface area contributed by atoms with Crippen LogP contribution < -0.4 is 15.8 Å². The smallest absolute Gasteiger partial charge is 0.129 e. The number of nitrogens with zero attached hydrogens (tertiary/aromatic N) is 1. The molecular formula is C25H34N3O3P. The van der Waals surface area contributed by atoms with Crippen molar-refractivity contribution in [1.82, 2.24) is 10.3 Å². The van der Waals surface area contributed by atoms with Crippen LogP contribution in [0.25, 0.3) is 11.3 Å². The van der Waals surface area contributed by atoms with Gasteiger partial charge in [0.05, 0.1) is 20.6 Å². The molecule has 6 nitrogen and oxygen atoms in total. The third kappa shape index (κ3) is 10.3. The number of benzene rings is 2. The molecule has 3 rings (SSSR count). The lowest BCUT2D eigenvalue weighted by molar-refractivity contribution is 0.179. The van der Waals surface area contributed by atoms with Crippen LogP contribution in [0.2, 0.25) is 0 Å². The number of aryl methyl sites for hydroxylation is 1. The van der Waals surface area contributed by atoms with Crippen molar-refractivity contribution in [2.45, 2.75) is 26.5 Å². The van der Waals surface area contributed by atoms with E-state index in [4.69, 9.17) is 15.0 Å². The summed E-state index contributed by atoms with van der Waals surface area (Å²) in [5.41, 5.74) is 9.83. The molecule has 0 aliphatic carbocycles. The minimum absolute atomic E-state index is 0.283. The van der Waals surface area contributed by atoms with Gasteiger partial charge in [0.2, 0.25) is 0 Å². The van der Waals surface area contributed by atoms with Crippen LogP contribution in [0, 0.1) is 6.92 Å². The van der Waals surface area contributed by atoms with Gasteiger partial charge in [-0.2, -0.15) is 0 Å². The number of aliphatic hydroxyl groups excluding tert-OH is 1. The molecule has 1 heterocycles. The molecule has 32 heavy (non-hydrogen) atoms. The summed E-state index contributed by atoms with van der Waals surface area (Å²) in [6, 6.07) is 22.1. The number of aliphatic hydroxyl groups is 1. The zero-order chi connectivity index (χ0) is 23.0. The number of nitrogens with two attached hydrogens (primary N) is 1. The molecular weight excluding hydrogens is 421 g/mol. The Hall–Kier alpha value is -2.34. The zero-order valence-corrected chi connectivity index (χ0v) is 19.8. The summed E-state index contributed by atoms with van der Waals surface area (Å²) in [6.07, 6.45) is 1.96. The molecule has 0 aliphatic rings. The van der Waals surface area contributed by atoms with Crippen LogP contribution in [-0.2, 0) is 11.1 Å². The van der Waals surface area contributed by atoms with E-state index in [0.29, 0.717) is 21.7 Å². The number of hydrogen-bond acceptors (Lipinski definition) is 6. The molecule has 2 atom stereocenters. The van der Waals surface area contributed by atoms with Gasteiger partial charge in [0.15, 0.2) is 0 Å². The fourth-order valence-corrected chi connectivity index (χ4v) is 3.20. The molecule has 0 bridgehead atoms. The Bertz CT molecular complexity index is 862. The van der Waals surface area contributed by atoms with Crippen LogP contribution in [0.1, 0.15) is 18.1 Å². The standard InChI is InChI=1S/C15H19N3O.C10H15O2P/c16-9-14(19)11-17-10-12-4-6-13(7-5-12)15-3-1-2-8-18-15;1-3-12-13-8-11-10-6-4-9(2)5-7-10/h1-8,14,17,19H,9-11,16H2;4-7,13H,3,8H2,1-2H3. The minimum Gasteiger partial charge on any atom is -0.487 e. The van der Waals surface area contributed by atoms with Crippen LogP contribution in [0.4, 0.5) is 0 Å². The zero-order valence-electron chi connectivity index (χ0n) is 18.8. The summed E-state index contributed by atoms with van der Waals surface area (Å²) < 4.78 is 10.6. The van der Waals surface area contributed by atoms with Crippen LogP contribution in [0.5, 0.6) is 5.75 Å². The second-order valence-electron chi connectivity index (χ2n) is 7.11. The molecule has 0 saturated heterocycles. The van der Waals surface area contributed by atoms with Crippen molar-refractivity contribution in [2.75, 3.05) is 26.0 Å². The molecule has 0 fully saturated rings. The molecule has 2 aromatic carbocycles. The molecule has 0 radical (unpaired) electrons. The Balaban J connectivity index is 0.000000244. The Kier molecular flexibility index (Phi) is 12.5. The van der Waals surface area contributed by atoms with Gasteiger partial charge in [-0.1, -0.05) is 48.0 Å². The quantitative estimate of drug-likeness (QED) is 0.298. The first kappa shape index (κ1) is 25.9. The van der Waals surface area contributed by atoms with Crippen molar-refractivity contribution in [3.8, 4) is 17.0 Å². The lowest BCUT2D eigenvalue weighted by Crippen LogP contribution is -2.32. The predicted octanol–water partition coefficient (Wildman–Crippen LogP) is 4.12. The highest BCUT2D eigenvalue weighted by atomic mass is 31.1. The third-order valence-corrected chi connectivity index (χ3v) is 5.22. The van der Waals surface area contributed by atoms with E-state index in [1.165, 1.54) is 11.1 Å². The molecule has 0 saturated carbocycles. The van der Waals surface area contributed by atoms with Gasteiger partial charge in [-0.3, -0.25) is 4.98 Å². The Morgan fingerprint density at radius 1 is 1.06 bits per heavy atom. The van der Waals surface area contributed by atoms with E-state index in [1.807, 2.05) is 49.4 Å². The lowest BCUT2D eigenvalue weighted by atomic mass is 10.1. The van der Waals surface area contributed by atoms with Crippen molar-refractivity contribution in [2.24, 2.45) is 5.73 Å². The molecule has 4 N–H and O–H groups in total. The number of nitrogens with one attached hydrogen (secondary N) is 1. The molecule has 0 amide bonds. The van der Waals surface area contributed by atoms with Gasteiger partial charge in [0.1, 0.15) is 12.1 Å². The maximum absolute atomic E-state index is 9.33. The molecule has 0 spiro atoms. The fourth-order valence-electron chi connectivity index (χ4n) is 2.68. The number of aromatic nitrogens is 1. The largest absolute Gasteiger partial charge is 0.487 e. The maximum Gasteiger partial charge on any atom is 0.129 e. The first-order valence-corrected chi connectivity index (χ1v) is 11.9. The highest BCUT2D eigenvalue weighted by Gasteiger charge is 2.01. The van der Waals surface area contributed by atoms with E-state index < -0.39 is 6.10 Å². The Morgan fingerprint density at radius 2 is 1.81 bits per heavy atom. The molecule has 0 aliphatic heterocycles. The van der Waals surface area contributed by atoms with Crippen molar-refractivity contribution < 1.29 is 14.4 Å². The van der Waals surface area contributed by atoms with Gasteiger partial charge in [-0.25, -0.2) is 0 Å². The van der Waals surface area contributed by atoms with Gasteiger partial charge in [-0.15, -0.1) is 0 Å². The predicted molar refractivity (Wildman–Crippen MR) is 133 cm³/mol. The minimum atomic E-state index is -0.479. The number of pyridine rings is 1. The number of hydrogen-bond donors (Lipinski definition) is 3. The molecule has 7 heteroatoms. The van der Waals surface area contributed by atoms with Crippen LogP contribution in [0.15, 0.2) is 72.9 Å². The van der Waals surface area contributed by atoms with Crippen LogP contribution in [0.3, 0.4) is 0 Å². The topological polar surface area (TPSA) is 89.6 Å². The summed E-state index contributed by atoms with van der Waals surface area (Å²) in [5, 5.41) is 12.5. The molecule has 1 aromatic heterocycles. The number of rotatable bonds is 11. The highest BCUT2D eigenvalue weighted by molar-refractivity contribution is 7.31. The van der Waals surface area contributed by atoms with E-state index in [1.54, 1.807) is 6.20 Å². The van der Waals surface area contributed by atoms with E-state index in [2.05, 4.69) is 41.5 Å². The first-order valence-electron chi connectivity index (χ1n) is 10.8. The van der Waals surface area contributed by atoms with E-state index in [0.717, 1.165) is 30.2 Å². The van der Waals surface area contributed by atoms with Crippen molar-refractivity contribution in [3.63, 3.8) is 0 Å². The monoisotopic (exact) mass is 455 g/mol. The maximum atomic E-state index is 9.33. The van der Waals surface area contributed by atoms with Crippen molar-refractivity contribution >= 4 is 8.81 Å². The third-order valence-electron chi connectivity index (χ3n) is 4.46. The summed E-state index contributed by atoms with van der Waals surface area (Å²) >= 11 is 0. The van der Waals surface area contributed by atoms with Crippen molar-refractivity contribution in [3.05, 3.63) is 84.1 Å². The Morgan fingerprint density at radius 3 is 2.44 bits per heavy atom. The summed E-state index contributed by atoms with van der Waals surface area (Å²) in [6.45, 7) is 6.32.